The molecule has 280 valence electrons. The Labute approximate surface area is 297 Å². The molecule has 1 amide bonds. The van der Waals surface area contributed by atoms with Gasteiger partial charge in [0.25, 0.3) is 0 Å². The van der Waals surface area contributed by atoms with Crippen molar-refractivity contribution >= 4 is 5.91 Å². The topological polar surface area (TPSA) is 89.8 Å². The molecule has 0 saturated heterocycles. The molecule has 4 N–H and O–H groups in total. The van der Waals surface area contributed by atoms with Crippen LogP contribution in [-0.2, 0) is 4.79 Å². The lowest BCUT2D eigenvalue weighted by Crippen LogP contribution is -2.48. The molecule has 0 heterocycles. The van der Waals surface area contributed by atoms with E-state index in [-0.39, 0.29) is 6.61 Å². The lowest BCUT2D eigenvalue weighted by atomic mass is 10.0. The van der Waals surface area contributed by atoms with Crippen LogP contribution in [0.4, 0.5) is 0 Å². The summed E-state index contributed by atoms with van der Waals surface area (Å²) in [4.78, 5) is 12.4. The third kappa shape index (κ3) is 32.8. The zero-order valence-corrected chi connectivity index (χ0v) is 31.6. The highest BCUT2D eigenvalue weighted by Gasteiger charge is 2.22. The van der Waals surface area contributed by atoms with Crippen molar-refractivity contribution in [3.8, 4) is 0 Å². The Hall–Kier alpha value is -1.69. The maximum atomic E-state index is 12.4. The first-order chi connectivity index (χ1) is 23.6. The van der Waals surface area contributed by atoms with Gasteiger partial charge in [-0.3, -0.25) is 4.79 Å². The number of aliphatic hydroxyl groups is 3. The third-order valence-electron chi connectivity index (χ3n) is 9.12. The Morgan fingerprint density at radius 2 is 0.854 bits per heavy atom. The fourth-order valence-electron chi connectivity index (χ4n) is 5.86. The van der Waals surface area contributed by atoms with E-state index >= 15 is 0 Å². The second-order valence-electron chi connectivity index (χ2n) is 13.8. The van der Waals surface area contributed by atoms with Gasteiger partial charge in [-0.15, -0.1) is 0 Å². The number of unbranched alkanes of at least 4 members (excludes halogenated alkanes) is 22. The molecule has 0 aromatic carbocycles. The molecule has 0 aliphatic heterocycles. The SMILES string of the molecule is CCCCCCCC/C=C\CCCCC(O)C(=O)NC(CO)C(O)/C=C/CC/C=C/CC/C=C/CCCCCCCCCCCCCC. The van der Waals surface area contributed by atoms with Gasteiger partial charge < -0.3 is 20.6 Å². The number of aliphatic hydroxyl groups excluding tert-OH is 3. The molecule has 3 unspecified atom stereocenters. The average Bonchev–Trinajstić information content (AvgIpc) is 3.09. The number of allylic oxidation sites excluding steroid dienone is 7. The minimum atomic E-state index is -1.13. The number of carbonyl (C=O) groups is 1. The van der Waals surface area contributed by atoms with Gasteiger partial charge in [-0.05, 0) is 70.6 Å². The van der Waals surface area contributed by atoms with Crippen LogP contribution in [0.2, 0.25) is 0 Å². The van der Waals surface area contributed by atoms with Crippen molar-refractivity contribution in [3.63, 3.8) is 0 Å². The normalized spacial score (nSPS) is 14.2. The summed E-state index contributed by atoms with van der Waals surface area (Å²) in [6.07, 6.45) is 48.6. The summed E-state index contributed by atoms with van der Waals surface area (Å²) in [5.41, 5.74) is 0. The highest BCUT2D eigenvalue weighted by molar-refractivity contribution is 5.80. The van der Waals surface area contributed by atoms with E-state index in [1.54, 1.807) is 6.08 Å². The predicted octanol–water partition coefficient (Wildman–Crippen LogP) is 11.4. The zero-order chi connectivity index (χ0) is 35.2. The van der Waals surface area contributed by atoms with E-state index in [1.165, 1.54) is 122 Å². The predicted molar refractivity (Wildman–Crippen MR) is 208 cm³/mol. The van der Waals surface area contributed by atoms with Gasteiger partial charge in [-0.2, -0.15) is 0 Å². The smallest absolute Gasteiger partial charge is 0.249 e. The van der Waals surface area contributed by atoms with E-state index in [0.29, 0.717) is 6.42 Å². The maximum absolute atomic E-state index is 12.4. The molecule has 0 spiro atoms. The quantitative estimate of drug-likeness (QED) is 0.0393. The molecule has 3 atom stereocenters. The van der Waals surface area contributed by atoms with Gasteiger partial charge in [0.15, 0.2) is 0 Å². The average molecular weight is 674 g/mol. The van der Waals surface area contributed by atoms with Crippen molar-refractivity contribution < 1.29 is 20.1 Å². The molecule has 0 rings (SSSR count). The van der Waals surface area contributed by atoms with E-state index in [9.17, 15) is 20.1 Å². The van der Waals surface area contributed by atoms with Crippen LogP contribution < -0.4 is 5.32 Å². The van der Waals surface area contributed by atoms with Crippen LogP contribution in [0, 0.1) is 0 Å². The molecular formula is C43H79NO4. The first-order valence-corrected chi connectivity index (χ1v) is 20.5. The summed E-state index contributed by atoms with van der Waals surface area (Å²) in [6, 6.07) is -0.828. The summed E-state index contributed by atoms with van der Waals surface area (Å²) < 4.78 is 0. The van der Waals surface area contributed by atoms with Crippen LogP contribution in [0.5, 0.6) is 0 Å². The molecule has 0 aliphatic carbocycles. The lowest BCUT2D eigenvalue weighted by molar-refractivity contribution is -0.131. The van der Waals surface area contributed by atoms with Gasteiger partial charge in [0.2, 0.25) is 5.91 Å². The lowest BCUT2D eigenvalue weighted by Gasteiger charge is -2.21. The number of nitrogens with one attached hydrogen (secondary N) is 1. The van der Waals surface area contributed by atoms with Crippen molar-refractivity contribution in [2.75, 3.05) is 6.61 Å². The van der Waals surface area contributed by atoms with E-state index in [1.807, 2.05) is 6.08 Å². The van der Waals surface area contributed by atoms with Gasteiger partial charge in [-0.1, -0.05) is 172 Å². The Balaban J connectivity index is 3.80. The van der Waals surface area contributed by atoms with Gasteiger partial charge in [-0.25, -0.2) is 0 Å². The Kier molecular flexibility index (Phi) is 36.8. The fraction of sp³-hybridized carbons (Fsp3) is 0.791. The summed E-state index contributed by atoms with van der Waals surface area (Å²) in [6.45, 7) is 4.13. The number of hydrogen-bond donors (Lipinski definition) is 4. The van der Waals surface area contributed by atoms with Crippen molar-refractivity contribution in [1.29, 1.82) is 0 Å². The Morgan fingerprint density at radius 3 is 1.27 bits per heavy atom. The molecule has 0 radical (unpaired) electrons. The van der Waals surface area contributed by atoms with Gasteiger partial charge in [0.1, 0.15) is 6.10 Å². The van der Waals surface area contributed by atoms with E-state index < -0.39 is 24.2 Å². The second kappa shape index (κ2) is 38.1. The van der Waals surface area contributed by atoms with Crippen LogP contribution in [0.3, 0.4) is 0 Å². The van der Waals surface area contributed by atoms with Crippen molar-refractivity contribution in [2.24, 2.45) is 0 Å². The van der Waals surface area contributed by atoms with Crippen LogP contribution in [0.1, 0.15) is 194 Å². The summed E-state index contributed by atoms with van der Waals surface area (Å²) in [7, 11) is 0. The molecule has 5 nitrogen and oxygen atoms in total. The molecule has 0 fully saturated rings. The summed E-state index contributed by atoms with van der Waals surface area (Å²) >= 11 is 0. The highest BCUT2D eigenvalue weighted by Crippen LogP contribution is 2.13. The Bertz CT molecular complexity index is 790. The van der Waals surface area contributed by atoms with Crippen LogP contribution in [0.25, 0.3) is 0 Å². The molecule has 0 bridgehead atoms. The van der Waals surface area contributed by atoms with Gasteiger partial charge >= 0.3 is 0 Å². The molecule has 0 aromatic rings. The fourth-order valence-corrected chi connectivity index (χ4v) is 5.86. The maximum Gasteiger partial charge on any atom is 0.249 e. The molecule has 48 heavy (non-hydrogen) atoms. The van der Waals surface area contributed by atoms with E-state index in [0.717, 1.165) is 51.4 Å². The molecule has 0 aromatic heterocycles. The number of amides is 1. The highest BCUT2D eigenvalue weighted by atomic mass is 16.3. The second-order valence-corrected chi connectivity index (χ2v) is 13.8. The van der Waals surface area contributed by atoms with Gasteiger partial charge in [0, 0.05) is 0 Å². The monoisotopic (exact) mass is 674 g/mol. The Morgan fingerprint density at radius 1 is 0.500 bits per heavy atom. The molecule has 0 aliphatic rings. The zero-order valence-electron chi connectivity index (χ0n) is 31.6. The van der Waals surface area contributed by atoms with Crippen LogP contribution in [0.15, 0.2) is 48.6 Å². The van der Waals surface area contributed by atoms with Crippen LogP contribution >= 0.6 is 0 Å². The standard InChI is InChI=1S/C43H79NO4/c1-3-5-7-9-11-13-15-17-18-19-20-21-22-23-24-25-26-28-29-31-33-35-37-41(46)40(39-45)44-43(48)42(47)38-36-34-32-30-27-16-14-12-10-8-6-4-2/h23-24,27-30,35,37,40-42,45-47H,3-22,25-26,31-34,36,38-39H2,1-2H3,(H,44,48)/b24-23+,29-28+,30-27-,37-35+. The third-order valence-corrected chi connectivity index (χ3v) is 9.12. The molecule has 0 saturated carbocycles. The minimum Gasteiger partial charge on any atom is -0.394 e. The summed E-state index contributed by atoms with van der Waals surface area (Å²) in [5.74, 6) is -0.536. The number of rotatable bonds is 36. The first kappa shape index (κ1) is 46.3. The first-order valence-electron chi connectivity index (χ1n) is 20.5. The summed E-state index contributed by atoms with van der Waals surface area (Å²) in [5, 5.41) is 32.9. The number of carbonyl (C=O) groups excluding carboxylic acids is 1. The van der Waals surface area contributed by atoms with E-state index in [2.05, 4.69) is 55.6 Å². The van der Waals surface area contributed by atoms with E-state index in [4.69, 9.17) is 0 Å². The van der Waals surface area contributed by atoms with Crippen molar-refractivity contribution in [2.45, 2.75) is 212 Å². The van der Waals surface area contributed by atoms with Crippen molar-refractivity contribution in [3.05, 3.63) is 48.6 Å². The van der Waals surface area contributed by atoms with Crippen molar-refractivity contribution in [1.82, 2.24) is 5.32 Å². The minimum absolute atomic E-state index is 0.378. The largest absolute Gasteiger partial charge is 0.394 e. The van der Waals surface area contributed by atoms with Gasteiger partial charge in [0.05, 0.1) is 18.8 Å². The van der Waals surface area contributed by atoms with Crippen LogP contribution in [-0.4, -0.2) is 46.1 Å². The number of hydrogen-bond acceptors (Lipinski definition) is 4. The molecular weight excluding hydrogens is 594 g/mol. The molecule has 5 heteroatoms.